The minimum Gasteiger partial charge on any atom is -0.496 e. The second-order valence-corrected chi connectivity index (χ2v) is 5.58. The van der Waals surface area contributed by atoms with Crippen LogP contribution in [0.1, 0.15) is 10.4 Å². The van der Waals surface area contributed by atoms with Gasteiger partial charge in [0.25, 0.3) is 16.0 Å². The maximum Gasteiger partial charge on any atom is 0.294 e. The van der Waals surface area contributed by atoms with Gasteiger partial charge in [0.1, 0.15) is 5.75 Å². The van der Waals surface area contributed by atoms with Crippen molar-refractivity contribution in [3.05, 3.63) is 54.1 Å². The molecule has 2 rings (SSSR count). The summed E-state index contributed by atoms with van der Waals surface area (Å²) in [6, 6.07) is 12.0. The lowest BCUT2D eigenvalue weighted by atomic mass is 10.2. The maximum atomic E-state index is 12.2. The minimum atomic E-state index is -4.31. The Bertz CT molecular complexity index is 770. The van der Waals surface area contributed by atoms with Crippen LogP contribution in [0, 0.1) is 0 Å². The van der Waals surface area contributed by atoms with Crippen molar-refractivity contribution in [2.75, 3.05) is 12.4 Å². The number of benzene rings is 2. The molecule has 0 aliphatic rings. The SMILES string of the molecule is COc1ccccc1C(=O)Nc1cccc(S(=O)(=O)O)c1. The molecule has 2 aromatic carbocycles. The van der Waals surface area contributed by atoms with Gasteiger partial charge >= 0.3 is 0 Å². The molecule has 0 bridgehead atoms. The first-order chi connectivity index (χ1) is 9.91. The first kappa shape index (κ1) is 15.0. The van der Waals surface area contributed by atoms with Gasteiger partial charge < -0.3 is 10.1 Å². The first-order valence-electron chi connectivity index (χ1n) is 5.94. The Balaban J connectivity index is 2.28. The average Bonchev–Trinajstić information content (AvgIpc) is 2.46. The molecule has 0 aliphatic carbocycles. The quantitative estimate of drug-likeness (QED) is 0.845. The number of ether oxygens (including phenoxy) is 1. The maximum absolute atomic E-state index is 12.2. The van der Waals surface area contributed by atoms with Crippen LogP contribution in [0.2, 0.25) is 0 Å². The van der Waals surface area contributed by atoms with Gasteiger partial charge in [-0.1, -0.05) is 18.2 Å². The first-order valence-corrected chi connectivity index (χ1v) is 7.38. The van der Waals surface area contributed by atoms with E-state index in [1.807, 2.05) is 0 Å². The summed E-state index contributed by atoms with van der Waals surface area (Å²) >= 11 is 0. The predicted molar refractivity (Wildman–Crippen MR) is 77.2 cm³/mol. The van der Waals surface area contributed by atoms with Gasteiger partial charge in [-0.05, 0) is 30.3 Å². The van der Waals surface area contributed by atoms with Crippen molar-refractivity contribution in [1.82, 2.24) is 0 Å². The van der Waals surface area contributed by atoms with E-state index in [1.165, 1.54) is 31.4 Å². The number of rotatable bonds is 4. The van der Waals surface area contributed by atoms with Gasteiger partial charge in [-0.2, -0.15) is 8.42 Å². The van der Waals surface area contributed by atoms with Crippen LogP contribution in [0.25, 0.3) is 0 Å². The normalized spacial score (nSPS) is 11.0. The molecule has 0 atom stereocenters. The highest BCUT2D eigenvalue weighted by atomic mass is 32.2. The number of hydrogen-bond donors (Lipinski definition) is 2. The van der Waals surface area contributed by atoms with Crippen LogP contribution in [-0.2, 0) is 10.1 Å². The van der Waals surface area contributed by atoms with E-state index in [0.717, 1.165) is 0 Å². The van der Waals surface area contributed by atoms with Crippen LogP contribution in [0.5, 0.6) is 5.75 Å². The van der Waals surface area contributed by atoms with E-state index in [4.69, 9.17) is 9.29 Å². The zero-order valence-electron chi connectivity index (χ0n) is 11.1. The monoisotopic (exact) mass is 307 g/mol. The molecule has 0 aliphatic heterocycles. The van der Waals surface area contributed by atoms with E-state index in [0.29, 0.717) is 11.3 Å². The van der Waals surface area contributed by atoms with Crippen molar-refractivity contribution >= 4 is 21.7 Å². The van der Waals surface area contributed by atoms with E-state index < -0.39 is 16.0 Å². The molecule has 0 aromatic heterocycles. The Kier molecular flexibility index (Phi) is 4.25. The van der Waals surface area contributed by atoms with Crippen LogP contribution in [0.15, 0.2) is 53.4 Å². The molecule has 0 saturated heterocycles. The third-order valence-electron chi connectivity index (χ3n) is 2.74. The minimum absolute atomic E-state index is 0.251. The molecule has 21 heavy (non-hydrogen) atoms. The summed E-state index contributed by atoms with van der Waals surface area (Å²) in [6.07, 6.45) is 0. The number of nitrogens with one attached hydrogen (secondary N) is 1. The molecular weight excluding hydrogens is 294 g/mol. The van der Waals surface area contributed by atoms with Gasteiger partial charge in [-0.15, -0.1) is 0 Å². The molecule has 7 heteroatoms. The molecule has 110 valence electrons. The summed E-state index contributed by atoms with van der Waals surface area (Å²) in [7, 11) is -2.87. The van der Waals surface area contributed by atoms with Gasteiger partial charge in [0.2, 0.25) is 0 Å². The Morgan fingerprint density at radius 3 is 2.52 bits per heavy atom. The van der Waals surface area contributed by atoms with Gasteiger partial charge in [-0.25, -0.2) is 0 Å². The lowest BCUT2D eigenvalue weighted by Gasteiger charge is -2.09. The summed E-state index contributed by atoms with van der Waals surface area (Å²) < 4.78 is 36.2. The lowest BCUT2D eigenvalue weighted by molar-refractivity contribution is 0.102. The third-order valence-corrected chi connectivity index (χ3v) is 3.59. The van der Waals surface area contributed by atoms with E-state index in [-0.39, 0.29) is 10.6 Å². The topological polar surface area (TPSA) is 92.7 Å². The van der Waals surface area contributed by atoms with E-state index in [1.54, 1.807) is 24.3 Å². The van der Waals surface area contributed by atoms with Crippen LogP contribution < -0.4 is 10.1 Å². The number of carbonyl (C=O) groups is 1. The standard InChI is InChI=1S/C14H13NO5S/c1-20-13-8-3-2-7-12(13)14(16)15-10-5-4-6-11(9-10)21(17,18)19/h2-9H,1H3,(H,15,16)(H,17,18,19). The van der Waals surface area contributed by atoms with Crippen molar-refractivity contribution < 1.29 is 22.5 Å². The smallest absolute Gasteiger partial charge is 0.294 e. The zero-order valence-corrected chi connectivity index (χ0v) is 11.9. The highest BCUT2D eigenvalue weighted by Gasteiger charge is 2.14. The third kappa shape index (κ3) is 3.59. The number of amides is 1. The van der Waals surface area contributed by atoms with Gasteiger partial charge in [0, 0.05) is 5.69 Å². The summed E-state index contributed by atoms with van der Waals surface area (Å²) in [5.74, 6) is -0.0409. The average molecular weight is 307 g/mol. The molecule has 2 N–H and O–H groups in total. The molecule has 0 radical (unpaired) electrons. The highest BCUT2D eigenvalue weighted by Crippen LogP contribution is 2.20. The van der Waals surface area contributed by atoms with Crippen LogP contribution >= 0.6 is 0 Å². The predicted octanol–water partition coefficient (Wildman–Crippen LogP) is 2.19. The van der Waals surface area contributed by atoms with Crippen molar-refractivity contribution in [2.24, 2.45) is 0 Å². The zero-order chi connectivity index (χ0) is 15.5. The van der Waals surface area contributed by atoms with Crippen molar-refractivity contribution in [3.63, 3.8) is 0 Å². The van der Waals surface area contributed by atoms with E-state index >= 15 is 0 Å². The Labute approximate surface area is 122 Å². The van der Waals surface area contributed by atoms with Crippen molar-refractivity contribution in [2.45, 2.75) is 4.90 Å². The molecule has 0 unspecified atom stereocenters. The van der Waals surface area contributed by atoms with Gasteiger partial charge in [0.05, 0.1) is 17.6 Å². The van der Waals surface area contributed by atoms with E-state index in [2.05, 4.69) is 5.32 Å². The highest BCUT2D eigenvalue weighted by molar-refractivity contribution is 7.85. The molecule has 0 saturated carbocycles. The summed E-state index contributed by atoms with van der Waals surface area (Å²) in [5.41, 5.74) is 0.568. The molecule has 6 nitrogen and oxygen atoms in total. The summed E-state index contributed by atoms with van der Waals surface area (Å²) in [4.78, 5) is 11.9. The molecule has 1 amide bonds. The summed E-state index contributed by atoms with van der Waals surface area (Å²) in [5, 5.41) is 2.55. The van der Waals surface area contributed by atoms with Gasteiger partial charge in [-0.3, -0.25) is 9.35 Å². The van der Waals surface area contributed by atoms with Crippen molar-refractivity contribution in [3.8, 4) is 5.75 Å². The summed E-state index contributed by atoms with van der Waals surface area (Å²) in [6.45, 7) is 0. The Morgan fingerprint density at radius 2 is 1.86 bits per heavy atom. The molecular formula is C14H13NO5S. The van der Waals surface area contributed by atoms with Crippen LogP contribution in [-0.4, -0.2) is 26.0 Å². The number of para-hydroxylation sites is 1. The second kappa shape index (κ2) is 5.94. The van der Waals surface area contributed by atoms with E-state index in [9.17, 15) is 13.2 Å². The van der Waals surface area contributed by atoms with Crippen LogP contribution in [0.4, 0.5) is 5.69 Å². The number of hydrogen-bond acceptors (Lipinski definition) is 4. The second-order valence-electron chi connectivity index (χ2n) is 4.16. The van der Waals surface area contributed by atoms with Gasteiger partial charge in [0.15, 0.2) is 0 Å². The number of anilines is 1. The fourth-order valence-corrected chi connectivity index (χ4v) is 2.29. The Hall–Kier alpha value is -2.38. The van der Waals surface area contributed by atoms with Crippen molar-refractivity contribution in [1.29, 1.82) is 0 Å². The molecule has 2 aromatic rings. The lowest BCUT2D eigenvalue weighted by Crippen LogP contribution is -2.13. The van der Waals surface area contributed by atoms with Crippen LogP contribution in [0.3, 0.4) is 0 Å². The molecule has 0 spiro atoms. The number of carbonyl (C=O) groups excluding carboxylic acids is 1. The fraction of sp³-hybridized carbons (Fsp3) is 0.0714. The Morgan fingerprint density at radius 1 is 1.14 bits per heavy atom. The number of methoxy groups -OCH3 is 1. The largest absolute Gasteiger partial charge is 0.496 e. The fourth-order valence-electron chi connectivity index (χ4n) is 1.76. The molecule has 0 fully saturated rings. The molecule has 0 heterocycles.